The molecular formula is C15H25IN6OS. The molecule has 0 aliphatic heterocycles. The molecule has 0 bridgehead atoms. The van der Waals surface area contributed by atoms with Crippen LogP contribution in [0.25, 0.3) is 0 Å². The van der Waals surface area contributed by atoms with Gasteiger partial charge >= 0.3 is 0 Å². The summed E-state index contributed by atoms with van der Waals surface area (Å²) < 4.78 is 1.68. The normalized spacial score (nSPS) is 14.0. The third-order valence-corrected chi connectivity index (χ3v) is 4.23. The zero-order valence-corrected chi connectivity index (χ0v) is 17.6. The van der Waals surface area contributed by atoms with E-state index in [1.165, 1.54) is 0 Å². The summed E-state index contributed by atoms with van der Waals surface area (Å²) in [6, 6.07) is 0. The molecule has 2 rings (SSSR count). The lowest BCUT2D eigenvalue weighted by molar-refractivity contribution is 0.0616. The van der Waals surface area contributed by atoms with E-state index in [4.69, 9.17) is 0 Å². The number of aromatic nitrogens is 3. The minimum Gasteiger partial charge on any atom is -0.383 e. The molecule has 0 radical (unpaired) electrons. The zero-order chi connectivity index (χ0) is 16.9. The van der Waals surface area contributed by atoms with E-state index in [2.05, 4.69) is 25.7 Å². The van der Waals surface area contributed by atoms with Crippen LogP contribution in [0.15, 0.2) is 23.6 Å². The Morgan fingerprint density at radius 1 is 1.42 bits per heavy atom. The van der Waals surface area contributed by atoms with Gasteiger partial charge in [-0.15, -0.1) is 35.3 Å². The Labute approximate surface area is 163 Å². The molecule has 1 atom stereocenters. The van der Waals surface area contributed by atoms with E-state index in [1.54, 1.807) is 29.1 Å². The molecule has 0 fully saturated rings. The van der Waals surface area contributed by atoms with Gasteiger partial charge in [0.15, 0.2) is 5.96 Å². The average Bonchev–Trinajstić information content (AvgIpc) is 3.11. The van der Waals surface area contributed by atoms with Crippen molar-refractivity contribution in [2.24, 2.45) is 12.0 Å². The number of aliphatic hydroxyl groups is 1. The summed E-state index contributed by atoms with van der Waals surface area (Å²) in [6.07, 6.45) is 5.33. The summed E-state index contributed by atoms with van der Waals surface area (Å²) in [5.41, 5.74) is -0.257. The first kappa shape index (κ1) is 20.8. The lowest BCUT2D eigenvalue weighted by Gasteiger charge is -2.23. The SMILES string of the molecule is CCNC(=NCc1cnc(C)s1)NCC(C)(O)c1cnn(C)c1.I. The number of aryl methyl sites for hydroxylation is 2. The molecule has 2 heterocycles. The fourth-order valence-corrected chi connectivity index (χ4v) is 2.75. The van der Waals surface area contributed by atoms with Crippen LogP contribution < -0.4 is 10.6 Å². The van der Waals surface area contributed by atoms with Crippen LogP contribution in [0.3, 0.4) is 0 Å². The van der Waals surface area contributed by atoms with Crippen molar-refractivity contribution in [1.82, 2.24) is 25.4 Å². The maximum absolute atomic E-state index is 10.6. The monoisotopic (exact) mass is 464 g/mol. The molecule has 0 saturated carbocycles. The number of nitrogens with one attached hydrogen (secondary N) is 2. The highest BCUT2D eigenvalue weighted by molar-refractivity contribution is 14.0. The Balaban J connectivity index is 0.00000288. The van der Waals surface area contributed by atoms with Crippen molar-refractivity contribution in [1.29, 1.82) is 0 Å². The fourth-order valence-electron chi connectivity index (χ4n) is 2.03. The molecular weight excluding hydrogens is 439 g/mol. The molecule has 3 N–H and O–H groups in total. The van der Waals surface area contributed by atoms with Gasteiger partial charge in [0.25, 0.3) is 0 Å². The van der Waals surface area contributed by atoms with E-state index in [-0.39, 0.29) is 24.0 Å². The van der Waals surface area contributed by atoms with Crippen molar-refractivity contribution in [2.75, 3.05) is 13.1 Å². The van der Waals surface area contributed by atoms with E-state index < -0.39 is 5.60 Å². The van der Waals surface area contributed by atoms with Crippen molar-refractivity contribution in [3.8, 4) is 0 Å². The molecule has 24 heavy (non-hydrogen) atoms. The predicted octanol–water partition coefficient (Wildman–Crippen LogP) is 1.77. The molecule has 134 valence electrons. The number of hydrogen-bond acceptors (Lipinski definition) is 5. The van der Waals surface area contributed by atoms with E-state index in [0.717, 1.165) is 22.0 Å². The molecule has 1 unspecified atom stereocenters. The van der Waals surface area contributed by atoms with Crippen molar-refractivity contribution in [3.05, 3.63) is 34.0 Å². The number of guanidine groups is 1. The van der Waals surface area contributed by atoms with Gasteiger partial charge < -0.3 is 15.7 Å². The van der Waals surface area contributed by atoms with Crippen molar-refractivity contribution in [3.63, 3.8) is 0 Å². The van der Waals surface area contributed by atoms with Crippen molar-refractivity contribution < 1.29 is 5.11 Å². The van der Waals surface area contributed by atoms with Crippen LogP contribution in [0.4, 0.5) is 0 Å². The van der Waals surface area contributed by atoms with Crippen LogP contribution in [-0.4, -0.2) is 38.9 Å². The maximum atomic E-state index is 10.6. The minimum absolute atomic E-state index is 0. The van der Waals surface area contributed by atoms with Crippen LogP contribution in [0.1, 0.15) is 29.3 Å². The lowest BCUT2D eigenvalue weighted by atomic mass is 10.00. The van der Waals surface area contributed by atoms with E-state index in [9.17, 15) is 5.11 Å². The number of rotatable bonds is 6. The summed E-state index contributed by atoms with van der Waals surface area (Å²) in [5.74, 6) is 0.669. The van der Waals surface area contributed by atoms with E-state index in [0.29, 0.717) is 19.0 Å². The van der Waals surface area contributed by atoms with Crippen LogP contribution in [0.5, 0.6) is 0 Å². The Kier molecular flexibility index (Phi) is 8.10. The molecule has 0 amide bonds. The van der Waals surface area contributed by atoms with Gasteiger partial charge in [-0.25, -0.2) is 9.98 Å². The standard InChI is InChI=1S/C15H24N6OS.HI/c1-5-16-14(18-8-13-7-17-11(2)23-13)19-10-15(3,22)12-6-20-21(4)9-12;/h6-7,9,22H,5,8,10H2,1-4H3,(H2,16,18,19);1H. The summed E-state index contributed by atoms with van der Waals surface area (Å²) in [5, 5.41) is 22.1. The van der Waals surface area contributed by atoms with E-state index >= 15 is 0 Å². The topological polar surface area (TPSA) is 87.4 Å². The largest absolute Gasteiger partial charge is 0.383 e. The Morgan fingerprint density at radius 3 is 2.71 bits per heavy atom. The molecule has 9 heteroatoms. The van der Waals surface area contributed by atoms with Crippen LogP contribution in [0, 0.1) is 6.92 Å². The van der Waals surface area contributed by atoms with Gasteiger partial charge in [0.1, 0.15) is 5.60 Å². The van der Waals surface area contributed by atoms with Crippen molar-refractivity contribution in [2.45, 2.75) is 32.9 Å². The van der Waals surface area contributed by atoms with Crippen molar-refractivity contribution >= 4 is 41.3 Å². The summed E-state index contributed by atoms with van der Waals surface area (Å²) >= 11 is 1.64. The first-order valence-corrected chi connectivity index (χ1v) is 8.37. The Morgan fingerprint density at radius 2 is 2.17 bits per heavy atom. The second kappa shape index (κ2) is 9.33. The maximum Gasteiger partial charge on any atom is 0.191 e. The highest BCUT2D eigenvalue weighted by atomic mass is 127. The summed E-state index contributed by atoms with van der Waals surface area (Å²) in [7, 11) is 1.83. The first-order valence-electron chi connectivity index (χ1n) is 7.55. The van der Waals surface area contributed by atoms with Gasteiger partial charge in [-0.1, -0.05) is 0 Å². The molecule has 0 saturated heterocycles. The highest BCUT2D eigenvalue weighted by Crippen LogP contribution is 2.18. The second-order valence-electron chi connectivity index (χ2n) is 5.57. The number of thiazole rings is 1. The second-order valence-corrected chi connectivity index (χ2v) is 6.89. The molecule has 0 aromatic carbocycles. The molecule has 0 spiro atoms. The highest BCUT2D eigenvalue weighted by Gasteiger charge is 2.24. The number of nitrogens with zero attached hydrogens (tertiary/aromatic N) is 4. The molecule has 0 aliphatic rings. The van der Waals surface area contributed by atoms with Gasteiger partial charge in [0, 0.05) is 36.4 Å². The van der Waals surface area contributed by atoms with Crippen LogP contribution in [0.2, 0.25) is 0 Å². The van der Waals surface area contributed by atoms with Gasteiger partial charge in [0.2, 0.25) is 0 Å². The summed E-state index contributed by atoms with van der Waals surface area (Å²) in [6.45, 7) is 7.40. The van der Waals surface area contributed by atoms with Gasteiger partial charge in [-0.05, 0) is 20.8 Å². The molecule has 2 aromatic heterocycles. The average molecular weight is 464 g/mol. The van der Waals surface area contributed by atoms with Crippen LogP contribution >= 0.6 is 35.3 Å². The lowest BCUT2D eigenvalue weighted by Crippen LogP contribution is -2.44. The number of hydrogen-bond donors (Lipinski definition) is 3. The van der Waals surface area contributed by atoms with Crippen LogP contribution in [-0.2, 0) is 19.2 Å². The third-order valence-electron chi connectivity index (χ3n) is 3.33. The number of halogens is 1. The Bertz CT molecular complexity index is 666. The quantitative estimate of drug-likeness (QED) is 0.345. The number of aliphatic imine (C=N–C) groups is 1. The summed E-state index contributed by atoms with van der Waals surface area (Å²) in [4.78, 5) is 9.87. The molecule has 7 nitrogen and oxygen atoms in total. The third kappa shape index (κ3) is 6.02. The predicted molar refractivity (Wildman–Crippen MR) is 108 cm³/mol. The zero-order valence-electron chi connectivity index (χ0n) is 14.4. The first-order chi connectivity index (χ1) is 10.9. The molecule has 0 aliphatic carbocycles. The van der Waals surface area contributed by atoms with E-state index in [1.807, 2.05) is 33.3 Å². The van der Waals surface area contributed by atoms with Gasteiger partial charge in [0.05, 0.1) is 24.3 Å². The Hall–Kier alpha value is -1.20. The van der Waals surface area contributed by atoms with Gasteiger partial charge in [-0.2, -0.15) is 5.10 Å². The smallest absolute Gasteiger partial charge is 0.191 e. The fraction of sp³-hybridized carbons (Fsp3) is 0.533. The minimum atomic E-state index is -1.02. The van der Waals surface area contributed by atoms with Gasteiger partial charge in [-0.3, -0.25) is 4.68 Å². The molecule has 2 aromatic rings.